The van der Waals surface area contributed by atoms with Crippen molar-refractivity contribution >= 4 is 0 Å². The minimum Gasteiger partial charge on any atom is -0.319 e. The van der Waals surface area contributed by atoms with E-state index in [2.05, 4.69) is 35.9 Å². The van der Waals surface area contributed by atoms with Crippen molar-refractivity contribution in [2.24, 2.45) is 7.05 Å². The maximum absolute atomic E-state index is 4.04. The summed E-state index contributed by atoms with van der Waals surface area (Å²) >= 11 is 0. The molecule has 1 aromatic rings. The molecule has 4 heteroatoms. The molecule has 4 nitrogen and oxygen atoms in total. The first-order valence-corrected chi connectivity index (χ1v) is 4.89. The van der Waals surface area contributed by atoms with Crippen LogP contribution in [0, 0.1) is 0 Å². The molecule has 1 heterocycles. The van der Waals surface area contributed by atoms with E-state index >= 15 is 0 Å². The molecule has 0 fully saturated rings. The van der Waals surface area contributed by atoms with Gasteiger partial charge >= 0.3 is 0 Å². The Morgan fingerprint density at radius 3 is 2.93 bits per heavy atom. The number of hydrogen-bond donors (Lipinski definition) is 1. The summed E-state index contributed by atoms with van der Waals surface area (Å²) < 4.78 is 1.92. The molecule has 1 aromatic heterocycles. The van der Waals surface area contributed by atoms with Crippen LogP contribution in [0.2, 0.25) is 0 Å². The monoisotopic (exact) mass is 194 g/mol. The first kappa shape index (κ1) is 10.9. The first-order valence-electron chi connectivity index (χ1n) is 4.89. The number of nitrogens with one attached hydrogen (secondary N) is 1. The second-order valence-electron chi connectivity index (χ2n) is 3.51. The second-order valence-corrected chi connectivity index (χ2v) is 3.51. The lowest BCUT2D eigenvalue weighted by Gasteiger charge is -2.13. The van der Waals surface area contributed by atoms with Crippen molar-refractivity contribution in [3.05, 3.63) is 24.3 Å². The summed E-state index contributed by atoms with van der Waals surface area (Å²) in [5.41, 5.74) is 1.21. The lowest BCUT2D eigenvalue weighted by molar-refractivity contribution is 0.549. The second kappa shape index (κ2) is 4.91. The average molecular weight is 194 g/mol. The number of aryl methyl sites for hydroxylation is 1. The summed E-state index contributed by atoms with van der Waals surface area (Å²) in [7, 11) is 1.95. The molecule has 14 heavy (non-hydrogen) atoms. The molecular weight excluding hydrogens is 176 g/mol. The van der Waals surface area contributed by atoms with Crippen LogP contribution >= 0.6 is 0 Å². The molecule has 0 aliphatic rings. The van der Waals surface area contributed by atoms with Gasteiger partial charge in [0.05, 0.1) is 6.04 Å². The number of aromatic nitrogens is 3. The zero-order chi connectivity index (χ0) is 10.6. The Morgan fingerprint density at radius 1 is 1.71 bits per heavy atom. The van der Waals surface area contributed by atoms with Crippen LogP contribution in [0.25, 0.3) is 0 Å². The molecule has 78 valence electrons. The predicted molar refractivity (Wildman–Crippen MR) is 56.9 cm³/mol. The van der Waals surface area contributed by atoms with Gasteiger partial charge in [-0.25, -0.2) is 0 Å². The summed E-state index contributed by atoms with van der Waals surface area (Å²) in [6.45, 7) is 8.97. The van der Waals surface area contributed by atoms with Gasteiger partial charge in [0.25, 0.3) is 0 Å². The van der Waals surface area contributed by atoms with Crippen molar-refractivity contribution in [1.82, 2.24) is 20.1 Å². The molecule has 0 aliphatic carbocycles. The van der Waals surface area contributed by atoms with Crippen molar-refractivity contribution in [1.29, 1.82) is 0 Å². The van der Waals surface area contributed by atoms with Crippen LogP contribution in [0.1, 0.15) is 32.1 Å². The van der Waals surface area contributed by atoms with E-state index in [-0.39, 0.29) is 6.04 Å². The molecule has 0 saturated heterocycles. The van der Waals surface area contributed by atoms with Crippen LogP contribution in [0.4, 0.5) is 0 Å². The maximum atomic E-state index is 4.04. The lowest BCUT2D eigenvalue weighted by atomic mass is 10.2. The van der Waals surface area contributed by atoms with Crippen LogP contribution in [-0.4, -0.2) is 21.3 Å². The highest BCUT2D eigenvalue weighted by Gasteiger charge is 2.09. The lowest BCUT2D eigenvalue weighted by Crippen LogP contribution is -2.23. The number of hydrogen-bond acceptors (Lipinski definition) is 3. The molecule has 0 aromatic carbocycles. The third-order valence-corrected chi connectivity index (χ3v) is 2.29. The van der Waals surface area contributed by atoms with Gasteiger partial charge in [-0.15, -0.1) is 10.2 Å². The summed E-state index contributed by atoms with van der Waals surface area (Å²) in [5.74, 6) is 0.953. The summed E-state index contributed by atoms with van der Waals surface area (Å²) in [4.78, 5) is 0. The fraction of sp³-hybridized carbons (Fsp3) is 0.600. The van der Waals surface area contributed by atoms with E-state index in [1.807, 2.05) is 11.6 Å². The average Bonchev–Trinajstić information content (AvgIpc) is 2.60. The molecule has 0 saturated carbocycles. The Morgan fingerprint density at radius 2 is 2.43 bits per heavy atom. The van der Waals surface area contributed by atoms with Gasteiger partial charge in [-0.3, -0.25) is 0 Å². The van der Waals surface area contributed by atoms with Gasteiger partial charge in [0.1, 0.15) is 12.2 Å². The molecule has 0 aliphatic heterocycles. The highest BCUT2D eigenvalue weighted by atomic mass is 15.3. The zero-order valence-electron chi connectivity index (χ0n) is 9.12. The maximum Gasteiger partial charge on any atom is 0.149 e. The van der Waals surface area contributed by atoms with Gasteiger partial charge < -0.3 is 9.88 Å². The zero-order valence-corrected chi connectivity index (χ0v) is 9.12. The van der Waals surface area contributed by atoms with E-state index in [0.717, 1.165) is 18.8 Å². The SMILES string of the molecule is C=C(CC)CNC(C)c1nncn1C. The van der Waals surface area contributed by atoms with Crippen molar-refractivity contribution in [2.75, 3.05) is 6.54 Å². The van der Waals surface area contributed by atoms with Gasteiger partial charge in [0.2, 0.25) is 0 Å². The van der Waals surface area contributed by atoms with Gasteiger partial charge in [-0.2, -0.15) is 0 Å². The largest absolute Gasteiger partial charge is 0.319 e. The highest BCUT2D eigenvalue weighted by Crippen LogP contribution is 2.07. The van der Waals surface area contributed by atoms with Gasteiger partial charge in [0, 0.05) is 13.6 Å². The Hall–Kier alpha value is -1.16. The quantitative estimate of drug-likeness (QED) is 0.721. The van der Waals surface area contributed by atoms with E-state index in [4.69, 9.17) is 0 Å². The van der Waals surface area contributed by atoms with Crippen molar-refractivity contribution in [3.63, 3.8) is 0 Å². The Kier molecular flexibility index (Phi) is 3.83. The number of rotatable bonds is 5. The third-order valence-electron chi connectivity index (χ3n) is 2.29. The van der Waals surface area contributed by atoms with Crippen LogP contribution in [0.15, 0.2) is 18.5 Å². The molecule has 0 spiro atoms. The van der Waals surface area contributed by atoms with Gasteiger partial charge in [-0.1, -0.05) is 19.1 Å². The summed E-state index contributed by atoms with van der Waals surface area (Å²) in [5, 5.41) is 11.2. The van der Waals surface area contributed by atoms with E-state index in [9.17, 15) is 0 Å². The number of nitrogens with zero attached hydrogens (tertiary/aromatic N) is 3. The van der Waals surface area contributed by atoms with Crippen LogP contribution in [0.3, 0.4) is 0 Å². The van der Waals surface area contributed by atoms with Crippen LogP contribution in [0.5, 0.6) is 0 Å². The smallest absolute Gasteiger partial charge is 0.149 e. The minimum absolute atomic E-state index is 0.214. The Labute approximate surface area is 85.0 Å². The topological polar surface area (TPSA) is 42.7 Å². The summed E-state index contributed by atoms with van der Waals surface area (Å²) in [6, 6.07) is 0.214. The molecule has 1 rings (SSSR count). The Balaban J connectivity index is 2.47. The molecule has 0 radical (unpaired) electrons. The van der Waals surface area contributed by atoms with Gasteiger partial charge in [-0.05, 0) is 13.3 Å². The molecule has 0 bridgehead atoms. The fourth-order valence-corrected chi connectivity index (χ4v) is 1.20. The van der Waals surface area contributed by atoms with Gasteiger partial charge in [0.15, 0.2) is 0 Å². The third kappa shape index (κ3) is 2.67. The summed E-state index contributed by atoms with van der Waals surface area (Å²) in [6.07, 6.45) is 2.72. The normalized spacial score (nSPS) is 12.8. The van der Waals surface area contributed by atoms with Crippen molar-refractivity contribution in [3.8, 4) is 0 Å². The highest BCUT2D eigenvalue weighted by molar-refractivity contribution is 4.99. The molecule has 0 amide bonds. The van der Waals surface area contributed by atoms with Crippen LogP contribution < -0.4 is 5.32 Å². The van der Waals surface area contributed by atoms with E-state index in [1.54, 1.807) is 6.33 Å². The Bertz CT molecular complexity index is 303. The van der Waals surface area contributed by atoms with Crippen molar-refractivity contribution in [2.45, 2.75) is 26.3 Å². The molecule has 1 unspecified atom stereocenters. The molecule has 1 atom stereocenters. The van der Waals surface area contributed by atoms with Crippen molar-refractivity contribution < 1.29 is 0 Å². The van der Waals surface area contributed by atoms with Crippen LogP contribution in [-0.2, 0) is 7.05 Å². The standard InChI is InChI=1S/C10H18N4/c1-5-8(2)6-11-9(3)10-13-12-7-14(10)4/h7,9,11H,2,5-6H2,1,3-4H3. The minimum atomic E-state index is 0.214. The molecular formula is C10H18N4. The predicted octanol–water partition coefficient (Wildman–Crippen LogP) is 1.43. The molecule has 1 N–H and O–H groups in total. The van der Waals surface area contributed by atoms with E-state index in [0.29, 0.717) is 0 Å². The van der Waals surface area contributed by atoms with E-state index < -0.39 is 0 Å². The first-order chi connectivity index (χ1) is 6.65. The van der Waals surface area contributed by atoms with E-state index in [1.165, 1.54) is 5.57 Å². The fourth-order valence-electron chi connectivity index (χ4n) is 1.20.